The van der Waals surface area contributed by atoms with E-state index in [1.807, 2.05) is 0 Å². The van der Waals surface area contributed by atoms with Gasteiger partial charge in [-0.15, -0.1) is 0 Å². The molecular formula is C11H13Br. The molecule has 0 N–H and O–H groups in total. The zero-order chi connectivity index (χ0) is 9.14. The van der Waals surface area contributed by atoms with E-state index in [1.165, 1.54) is 16.7 Å². The van der Waals surface area contributed by atoms with Crippen LogP contribution >= 0.6 is 15.9 Å². The number of rotatable bonds is 2. The van der Waals surface area contributed by atoms with Crippen LogP contribution in [0.25, 0.3) is 5.57 Å². The number of hydrogen-bond acceptors (Lipinski definition) is 0. The monoisotopic (exact) mass is 224 g/mol. The maximum Gasteiger partial charge on any atom is 0.0283 e. The summed E-state index contributed by atoms with van der Waals surface area (Å²) in [6.45, 7) is 8.21. The average Bonchev–Trinajstić information content (AvgIpc) is 2.03. The van der Waals surface area contributed by atoms with Crippen LogP contribution in [0.3, 0.4) is 0 Å². The highest BCUT2D eigenvalue weighted by atomic mass is 79.9. The maximum absolute atomic E-state index is 3.99. The lowest BCUT2D eigenvalue weighted by Gasteiger charge is -2.06. The Balaban J connectivity index is 3.09. The van der Waals surface area contributed by atoms with Crippen LogP contribution in [0.1, 0.15) is 16.7 Å². The third kappa shape index (κ3) is 1.98. The van der Waals surface area contributed by atoms with Gasteiger partial charge < -0.3 is 0 Å². The van der Waals surface area contributed by atoms with Gasteiger partial charge in [-0.05, 0) is 30.5 Å². The molecule has 0 heterocycles. The molecule has 64 valence electrons. The molecule has 0 nitrogen and oxygen atoms in total. The second-order valence-electron chi connectivity index (χ2n) is 3.06. The van der Waals surface area contributed by atoms with Crippen molar-refractivity contribution in [2.45, 2.75) is 13.8 Å². The van der Waals surface area contributed by atoms with Crippen LogP contribution < -0.4 is 0 Å². The summed E-state index contributed by atoms with van der Waals surface area (Å²) in [5.41, 5.74) is 5.02. The summed E-state index contributed by atoms with van der Waals surface area (Å²) in [5.74, 6) is 0. The summed E-state index contributed by atoms with van der Waals surface area (Å²) >= 11 is 3.40. The molecular weight excluding hydrogens is 212 g/mol. The Kier molecular flexibility index (Phi) is 3.10. The fourth-order valence-corrected chi connectivity index (χ4v) is 1.58. The van der Waals surface area contributed by atoms with E-state index >= 15 is 0 Å². The quantitative estimate of drug-likeness (QED) is 0.673. The maximum atomic E-state index is 3.99. The molecule has 1 heteroatoms. The number of allylic oxidation sites excluding steroid dienone is 1. The van der Waals surface area contributed by atoms with E-state index in [1.54, 1.807) is 0 Å². The molecule has 0 aliphatic rings. The van der Waals surface area contributed by atoms with Gasteiger partial charge in [0.15, 0.2) is 0 Å². The van der Waals surface area contributed by atoms with Crippen molar-refractivity contribution in [3.63, 3.8) is 0 Å². The first-order valence-electron chi connectivity index (χ1n) is 3.96. The lowest BCUT2D eigenvalue weighted by Crippen LogP contribution is -1.89. The molecule has 0 aromatic heterocycles. The van der Waals surface area contributed by atoms with Gasteiger partial charge in [0.2, 0.25) is 0 Å². The molecule has 0 aliphatic heterocycles. The van der Waals surface area contributed by atoms with Crippen molar-refractivity contribution in [3.05, 3.63) is 41.5 Å². The second kappa shape index (κ2) is 3.90. The Morgan fingerprint density at radius 2 is 2.08 bits per heavy atom. The summed E-state index contributed by atoms with van der Waals surface area (Å²) in [7, 11) is 0. The molecule has 0 unspecified atom stereocenters. The van der Waals surface area contributed by atoms with Gasteiger partial charge in [-0.3, -0.25) is 0 Å². The van der Waals surface area contributed by atoms with Gasteiger partial charge in [-0.2, -0.15) is 0 Å². The van der Waals surface area contributed by atoms with Gasteiger partial charge in [0.25, 0.3) is 0 Å². The molecule has 1 aromatic rings. The summed E-state index contributed by atoms with van der Waals surface area (Å²) in [4.78, 5) is 0. The van der Waals surface area contributed by atoms with E-state index < -0.39 is 0 Å². The van der Waals surface area contributed by atoms with E-state index in [9.17, 15) is 0 Å². The summed E-state index contributed by atoms with van der Waals surface area (Å²) in [5, 5.41) is 0.844. The average molecular weight is 225 g/mol. The molecule has 1 aromatic carbocycles. The Morgan fingerprint density at radius 1 is 1.42 bits per heavy atom. The lowest BCUT2D eigenvalue weighted by molar-refractivity contribution is 1.35. The van der Waals surface area contributed by atoms with Crippen LogP contribution in [-0.4, -0.2) is 5.33 Å². The van der Waals surface area contributed by atoms with E-state index in [2.05, 4.69) is 54.6 Å². The first-order valence-corrected chi connectivity index (χ1v) is 5.08. The third-order valence-corrected chi connectivity index (χ3v) is 2.60. The van der Waals surface area contributed by atoms with E-state index in [4.69, 9.17) is 0 Å². The van der Waals surface area contributed by atoms with Crippen molar-refractivity contribution in [3.8, 4) is 0 Å². The van der Waals surface area contributed by atoms with Gasteiger partial charge in [0.1, 0.15) is 0 Å². The fraction of sp³-hybridized carbons (Fsp3) is 0.273. The van der Waals surface area contributed by atoms with Gasteiger partial charge in [-0.25, -0.2) is 0 Å². The number of alkyl halides is 1. The standard InChI is InChI=1S/C11H13Br/c1-8-4-5-11(9(2)6-8)10(3)7-12/h4-6H,3,7H2,1-2H3. The minimum Gasteiger partial charge on any atom is -0.0944 e. The molecule has 0 aliphatic carbocycles. The number of aryl methyl sites for hydroxylation is 2. The molecule has 0 bridgehead atoms. The highest BCUT2D eigenvalue weighted by molar-refractivity contribution is 9.09. The van der Waals surface area contributed by atoms with Crippen LogP contribution in [0, 0.1) is 13.8 Å². The molecule has 0 fully saturated rings. The largest absolute Gasteiger partial charge is 0.0944 e. The summed E-state index contributed by atoms with van der Waals surface area (Å²) < 4.78 is 0. The van der Waals surface area contributed by atoms with Crippen molar-refractivity contribution in [1.82, 2.24) is 0 Å². The van der Waals surface area contributed by atoms with E-state index in [0.29, 0.717) is 0 Å². The highest BCUT2D eigenvalue weighted by Crippen LogP contribution is 2.19. The van der Waals surface area contributed by atoms with Crippen LogP contribution in [-0.2, 0) is 0 Å². The van der Waals surface area contributed by atoms with Crippen LogP contribution in [0.5, 0.6) is 0 Å². The Bertz CT molecular complexity index is 300. The SMILES string of the molecule is C=C(CBr)c1ccc(C)cc1C. The van der Waals surface area contributed by atoms with Gasteiger partial charge >= 0.3 is 0 Å². The van der Waals surface area contributed by atoms with Gasteiger partial charge in [0, 0.05) is 5.33 Å². The highest BCUT2D eigenvalue weighted by Gasteiger charge is 2.00. The Hall–Kier alpha value is -0.560. The first-order chi connectivity index (χ1) is 5.65. The molecule has 0 radical (unpaired) electrons. The normalized spacial score (nSPS) is 9.92. The smallest absolute Gasteiger partial charge is 0.0283 e. The van der Waals surface area contributed by atoms with Crippen molar-refractivity contribution in [2.75, 3.05) is 5.33 Å². The van der Waals surface area contributed by atoms with E-state index in [-0.39, 0.29) is 0 Å². The molecule has 0 amide bonds. The third-order valence-electron chi connectivity index (χ3n) is 1.92. The lowest BCUT2D eigenvalue weighted by atomic mass is 10.0. The van der Waals surface area contributed by atoms with Crippen LogP contribution in [0.15, 0.2) is 24.8 Å². The second-order valence-corrected chi connectivity index (χ2v) is 3.62. The number of halogens is 1. The summed E-state index contributed by atoms with van der Waals surface area (Å²) in [6.07, 6.45) is 0. The molecule has 0 saturated heterocycles. The van der Waals surface area contributed by atoms with Crippen LogP contribution in [0.2, 0.25) is 0 Å². The molecule has 0 saturated carbocycles. The van der Waals surface area contributed by atoms with E-state index in [0.717, 1.165) is 10.9 Å². The van der Waals surface area contributed by atoms with Crippen molar-refractivity contribution >= 4 is 21.5 Å². The number of hydrogen-bond donors (Lipinski definition) is 0. The Labute approximate surface area is 82.4 Å². The molecule has 0 spiro atoms. The molecule has 12 heavy (non-hydrogen) atoms. The minimum absolute atomic E-state index is 0.844. The molecule has 1 rings (SSSR count). The van der Waals surface area contributed by atoms with Gasteiger partial charge in [0.05, 0.1) is 0 Å². The minimum atomic E-state index is 0.844. The van der Waals surface area contributed by atoms with Crippen molar-refractivity contribution < 1.29 is 0 Å². The zero-order valence-corrected chi connectivity index (χ0v) is 9.11. The van der Waals surface area contributed by atoms with Crippen LogP contribution in [0.4, 0.5) is 0 Å². The van der Waals surface area contributed by atoms with Crippen molar-refractivity contribution in [2.24, 2.45) is 0 Å². The molecule has 0 atom stereocenters. The topological polar surface area (TPSA) is 0 Å². The zero-order valence-electron chi connectivity index (χ0n) is 7.52. The first kappa shape index (κ1) is 9.53. The fourth-order valence-electron chi connectivity index (χ4n) is 1.28. The Morgan fingerprint density at radius 3 is 2.58 bits per heavy atom. The van der Waals surface area contributed by atoms with Crippen molar-refractivity contribution in [1.29, 1.82) is 0 Å². The predicted octanol–water partition coefficient (Wildman–Crippen LogP) is 3.71. The number of benzene rings is 1. The predicted molar refractivity (Wildman–Crippen MR) is 58.7 cm³/mol. The van der Waals surface area contributed by atoms with Gasteiger partial charge in [-0.1, -0.05) is 46.3 Å². The summed E-state index contributed by atoms with van der Waals surface area (Å²) in [6, 6.07) is 6.44.